The molecule has 0 saturated heterocycles. The Bertz CT molecular complexity index is 188. The molecule has 0 aliphatic heterocycles. The minimum atomic E-state index is -4.50. The van der Waals surface area contributed by atoms with E-state index in [1.165, 1.54) is 25.7 Å². The molecule has 0 radical (unpaired) electrons. The van der Waals surface area contributed by atoms with Gasteiger partial charge in [0, 0.05) is 13.1 Å². The van der Waals surface area contributed by atoms with Gasteiger partial charge in [-0.15, -0.1) is 13.2 Å². The highest BCUT2D eigenvalue weighted by atomic mass is 19.4. The molecule has 5 heteroatoms. The molecule has 0 spiro atoms. The van der Waals surface area contributed by atoms with Crippen molar-refractivity contribution in [1.29, 1.82) is 0 Å². The van der Waals surface area contributed by atoms with Gasteiger partial charge in [-0.1, -0.05) is 19.8 Å². The number of rotatable bonds is 5. The summed E-state index contributed by atoms with van der Waals surface area (Å²) in [5.74, 6) is 0. The van der Waals surface area contributed by atoms with Gasteiger partial charge >= 0.3 is 6.36 Å². The van der Waals surface area contributed by atoms with Crippen LogP contribution in [0.5, 0.6) is 0 Å². The first-order valence-electron chi connectivity index (χ1n) is 5.33. The van der Waals surface area contributed by atoms with Crippen LogP contribution in [0, 0.1) is 5.41 Å². The molecule has 1 saturated carbocycles. The van der Waals surface area contributed by atoms with Crippen molar-refractivity contribution >= 4 is 0 Å². The summed E-state index contributed by atoms with van der Waals surface area (Å²) in [7, 11) is 0. The fraction of sp³-hybridized carbons (Fsp3) is 1.00. The van der Waals surface area contributed by atoms with Crippen LogP contribution in [-0.2, 0) is 4.74 Å². The Balaban J connectivity index is 2.02. The summed E-state index contributed by atoms with van der Waals surface area (Å²) in [6.45, 7) is 2.92. The smallest absolute Gasteiger partial charge is 0.314 e. The predicted molar refractivity (Wildman–Crippen MR) is 51.5 cm³/mol. The lowest BCUT2D eigenvalue weighted by Gasteiger charge is -2.23. The Morgan fingerprint density at radius 2 is 1.87 bits per heavy atom. The van der Waals surface area contributed by atoms with Crippen molar-refractivity contribution in [3.05, 3.63) is 0 Å². The van der Waals surface area contributed by atoms with Crippen LogP contribution in [0.3, 0.4) is 0 Å². The minimum absolute atomic E-state index is 0.259. The van der Waals surface area contributed by atoms with E-state index in [2.05, 4.69) is 17.0 Å². The Morgan fingerprint density at radius 1 is 1.27 bits per heavy atom. The zero-order chi connectivity index (χ0) is 11.4. The van der Waals surface area contributed by atoms with Gasteiger partial charge < -0.3 is 5.32 Å². The van der Waals surface area contributed by atoms with Gasteiger partial charge in [-0.2, -0.15) is 0 Å². The molecular formula is C10H18F3NO. The number of hydrogen-bond donors (Lipinski definition) is 1. The lowest BCUT2D eigenvalue weighted by molar-refractivity contribution is -0.323. The highest BCUT2D eigenvalue weighted by Crippen LogP contribution is 2.36. The van der Waals surface area contributed by atoms with Crippen LogP contribution >= 0.6 is 0 Å². The second kappa shape index (κ2) is 5.16. The first-order valence-corrected chi connectivity index (χ1v) is 5.33. The molecule has 1 N–H and O–H groups in total. The van der Waals surface area contributed by atoms with E-state index in [0.717, 1.165) is 6.54 Å². The first kappa shape index (κ1) is 12.8. The van der Waals surface area contributed by atoms with Crippen LogP contribution in [0.4, 0.5) is 13.2 Å². The summed E-state index contributed by atoms with van der Waals surface area (Å²) in [5, 5.41) is 3.02. The maximum atomic E-state index is 11.6. The maximum absolute atomic E-state index is 11.6. The molecule has 2 nitrogen and oxygen atoms in total. The Kier molecular flexibility index (Phi) is 4.40. The molecular weight excluding hydrogens is 207 g/mol. The highest BCUT2D eigenvalue weighted by molar-refractivity contribution is 4.82. The van der Waals surface area contributed by atoms with Gasteiger partial charge in [0.2, 0.25) is 0 Å². The van der Waals surface area contributed by atoms with E-state index in [0.29, 0.717) is 0 Å². The summed E-state index contributed by atoms with van der Waals surface area (Å²) < 4.78 is 38.5. The molecule has 1 aliphatic carbocycles. The zero-order valence-corrected chi connectivity index (χ0v) is 8.99. The predicted octanol–water partition coefficient (Wildman–Crippen LogP) is 2.69. The van der Waals surface area contributed by atoms with Crippen molar-refractivity contribution < 1.29 is 17.9 Å². The topological polar surface area (TPSA) is 21.3 Å². The molecule has 15 heavy (non-hydrogen) atoms. The van der Waals surface area contributed by atoms with E-state index in [-0.39, 0.29) is 18.6 Å². The molecule has 0 heterocycles. The largest absolute Gasteiger partial charge is 0.522 e. The van der Waals surface area contributed by atoms with Gasteiger partial charge in [-0.25, -0.2) is 0 Å². The van der Waals surface area contributed by atoms with Gasteiger partial charge in [0.25, 0.3) is 0 Å². The summed E-state index contributed by atoms with van der Waals surface area (Å²) in [5.41, 5.74) is 0.276. The normalized spacial score (nSPS) is 20.8. The Labute approximate surface area is 88.2 Å². The van der Waals surface area contributed by atoms with Gasteiger partial charge in [0.1, 0.15) is 0 Å². The molecule has 1 rings (SSSR count). The number of hydrogen-bond acceptors (Lipinski definition) is 2. The number of nitrogens with one attached hydrogen (secondary N) is 1. The zero-order valence-electron chi connectivity index (χ0n) is 8.99. The van der Waals surface area contributed by atoms with Crippen LogP contribution in [0.15, 0.2) is 0 Å². The minimum Gasteiger partial charge on any atom is -0.314 e. The SMILES string of the molecule is CC1(CNCCOC(F)(F)F)CCCC1. The monoisotopic (exact) mass is 225 g/mol. The van der Waals surface area contributed by atoms with Crippen LogP contribution < -0.4 is 5.32 Å². The number of ether oxygens (including phenoxy) is 1. The van der Waals surface area contributed by atoms with E-state index >= 15 is 0 Å². The van der Waals surface area contributed by atoms with Crippen molar-refractivity contribution in [2.24, 2.45) is 5.41 Å². The molecule has 0 aromatic carbocycles. The van der Waals surface area contributed by atoms with Gasteiger partial charge in [0.15, 0.2) is 0 Å². The summed E-state index contributed by atoms with van der Waals surface area (Å²) in [4.78, 5) is 0. The Hall–Kier alpha value is -0.290. The first-order chi connectivity index (χ1) is 6.91. The van der Waals surface area contributed by atoms with E-state index in [4.69, 9.17) is 0 Å². The van der Waals surface area contributed by atoms with Crippen molar-refractivity contribution in [3.8, 4) is 0 Å². The van der Waals surface area contributed by atoms with E-state index in [9.17, 15) is 13.2 Å². The average Bonchev–Trinajstić information content (AvgIpc) is 2.50. The molecule has 1 aliphatic rings. The van der Waals surface area contributed by atoms with E-state index in [1.54, 1.807) is 0 Å². The highest BCUT2D eigenvalue weighted by Gasteiger charge is 2.29. The second-order valence-electron chi connectivity index (χ2n) is 4.49. The molecule has 90 valence electrons. The lowest BCUT2D eigenvalue weighted by Crippen LogP contribution is -2.32. The molecule has 0 bridgehead atoms. The summed E-state index contributed by atoms with van der Waals surface area (Å²) in [6.07, 6.45) is 0.299. The van der Waals surface area contributed by atoms with Gasteiger partial charge in [-0.05, 0) is 18.3 Å². The van der Waals surface area contributed by atoms with Crippen LogP contribution in [0.25, 0.3) is 0 Å². The van der Waals surface area contributed by atoms with E-state index < -0.39 is 6.36 Å². The van der Waals surface area contributed by atoms with Crippen molar-refractivity contribution in [2.45, 2.75) is 39.0 Å². The van der Waals surface area contributed by atoms with Crippen molar-refractivity contribution in [2.75, 3.05) is 19.7 Å². The maximum Gasteiger partial charge on any atom is 0.522 e. The third-order valence-corrected chi connectivity index (χ3v) is 2.91. The number of halogens is 3. The molecule has 0 aromatic heterocycles. The lowest BCUT2D eigenvalue weighted by atomic mass is 9.89. The molecule has 1 fully saturated rings. The standard InChI is InChI=1S/C10H18F3NO/c1-9(4-2-3-5-9)8-14-6-7-15-10(11,12)13/h14H,2-8H2,1H3. The fourth-order valence-electron chi connectivity index (χ4n) is 2.03. The fourth-order valence-corrected chi connectivity index (χ4v) is 2.03. The van der Waals surface area contributed by atoms with Crippen LogP contribution in [-0.4, -0.2) is 26.1 Å². The molecule has 0 atom stereocenters. The van der Waals surface area contributed by atoms with Gasteiger partial charge in [0.05, 0.1) is 6.61 Å². The van der Waals surface area contributed by atoms with Crippen molar-refractivity contribution in [1.82, 2.24) is 5.32 Å². The van der Waals surface area contributed by atoms with Gasteiger partial charge in [-0.3, -0.25) is 4.74 Å². The molecule has 0 aromatic rings. The second-order valence-corrected chi connectivity index (χ2v) is 4.49. The van der Waals surface area contributed by atoms with Crippen LogP contribution in [0.1, 0.15) is 32.6 Å². The summed E-state index contributed by atoms with van der Waals surface area (Å²) >= 11 is 0. The molecule has 0 amide bonds. The quantitative estimate of drug-likeness (QED) is 0.726. The summed E-state index contributed by atoms with van der Waals surface area (Å²) in [6, 6.07) is 0. The number of alkyl halides is 3. The third-order valence-electron chi connectivity index (χ3n) is 2.91. The third kappa shape index (κ3) is 5.37. The van der Waals surface area contributed by atoms with Crippen molar-refractivity contribution in [3.63, 3.8) is 0 Å². The van der Waals surface area contributed by atoms with E-state index in [1.807, 2.05) is 0 Å². The average molecular weight is 225 g/mol. The van der Waals surface area contributed by atoms with Crippen LogP contribution in [0.2, 0.25) is 0 Å². The Morgan fingerprint density at radius 3 is 2.40 bits per heavy atom. The molecule has 0 unspecified atom stereocenters.